The van der Waals surface area contributed by atoms with Crippen LogP contribution in [0.3, 0.4) is 0 Å². The number of carbonyl (C=O) groups is 1. The molecule has 3 aromatic rings. The number of carbonyl (C=O) groups excluding carboxylic acids is 1. The average Bonchev–Trinajstić information content (AvgIpc) is 2.82. The minimum atomic E-state index is 0.0270. The van der Waals surface area contributed by atoms with Crippen LogP contribution in [0.25, 0.3) is 0 Å². The number of hydrogen-bond donors (Lipinski definition) is 1. The van der Waals surface area contributed by atoms with Gasteiger partial charge in [0.25, 0.3) is 0 Å². The number of likely N-dealkylation sites (tertiary alicyclic amines) is 1. The van der Waals surface area contributed by atoms with E-state index in [1.165, 1.54) is 11.9 Å². The quantitative estimate of drug-likeness (QED) is 0.365. The van der Waals surface area contributed by atoms with Gasteiger partial charge in [0, 0.05) is 17.8 Å². The SMILES string of the molecule is Cc1ncnc(Nc2ccc(C(=O)/C=C/C3CCN(Cc4ccccc4)CC3)cc2)c1Cl. The molecule has 1 N–H and O–H groups in total. The molecule has 164 valence electrons. The topological polar surface area (TPSA) is 58.1 Å². The van der Waals surface area contributed by atoms with Crippen LogP contribution in [0.4, 0.5) is 11.5 Å². The van der Waals surface area contributed by atoms with Crippen molar-refractivity contribution in [3.05, 3.63) is 94.9 Å². The first-order chi connectivity index (χ1) is 15.6. The van der Waals surface area contributed by atoms with E-state index in [-0.39, 0.29) is 5.78 Å². The molecule has 1 saturated heterocycles. The molecule has 0 radical (unpaired) electrons. The lowest BCUT2D eigenvalue weighted by atomic mass is 9.95. The number of halogens is 1. The summed E-state index contributed by atoms with van der Waals surface area (Å²) in [5.41, 5.74) is 3.55. The summed E-state index contributed by atoms with van der Waals surface area (Å²) in [6, 6.07) is 17.9. The van der Waals surface area contributed by atoms with Crippen molar-refractivity contribution in [3.8, 4) is 0 Å². The Labute approximate surface area is 194 Å². The van der Waals surface area contributed by atoms with Gasteiger partial charge in [-0.2, -0.15) is 0 Å². The highest BCUT2D eigenvalue weighted by Gasteiger charge is 2.17. The zero-order chi connectivity index (χ0) is 22.3. The first-order valence-electron chi connectivity index (χ1n) is 10.9. The number of nitrogens with one attached hydrogen (secondary N) is 1. The third-order valence-corrected chi connectivity index (χ3v) is 6.25. The Hall–Kier alpha value is -3.02. The summed E-state index contributed by atoms with van der Waals surface area (Å²) in [5, 5.41) is 3.66. The van der Waals surface area contributed by atoms with E-state index >= 15 is 0 Å². The zero-order valence-electron chi connectivity index (χ0n) is 18.2. The second-order valence-corrected chi connectivity index (χ2v) is 8.52. The van der Waals surface area contributed by atoms with Crippen LogP contribution < -0.4 is 5.32 Å². The molecule has 4 rings (SSSR count). The van der Waals surface area contributed by atoms with E-state index in [4.69, 9.17) is 11.6 Å². The van der Waals surface area contributed by atoms with Gasteiger partial charge in [-0.05, 0) is 74.7 Å². The molecule has 1 aliphatic heterocycles. The smallest absolute Gasteiger partial charge is 0.185 e. The Morgan fingerprint density at radius 2 is 1.81 bits per heavy atom. The summed E-state index contributed by atoms with van der Waals surface area (Å²) in [6.07, 6.45) is 7.44. The lowest BCUT2D eigenvalue weighted by Gasteiger charge is -2.30. The van der Waals surface area contributed by atoms with Crippen molar-refractivity contribution in [1.82, 2.24) is 14.9 Å². The third kappa shape index (κ3) is 5.81. The van der Waals surface area contributed by atoms with E-state index in [0.717, 1.165) is 38.2 Å². The molecule has 0 atom stereocenters. The lowest BCUT2D eigenvalue weighted by Crippen LogP contribution is -2.32. The van der Waals surface area contributed by atoms with Crippen LogP contribution in [0.5, 0.6) is 0 Å². The first kappa shape index (κ1) is 22.2. The minimum Gasteiger partial charge on any atom is -0.339 e. The summed E-state index contributed by atoms with van der Waals surface area (Å²) in [4.78, 5) is 23.3. The standard InChI is InChI=1S/C26H27ClN4O/c1-19-25(27)26(29-18-28-19)30-23-10-8-22(9-11-23)24(32)12-7-20-13-15-31(16-14-20)17-21-5-3-2-4-6-21/h2-12,18,20H,13-17H2,1H3,(H,28,29,30)/b12-7+. The normalized spacial score (nSPS) is 15.2. The van der Waals surface area contributed by atoms with Crippen LogP contribution in [0.1, 0.15) is 34.5 Å². The van der Waals surface area contributed by atoms with Gasteiger partial charge in [0.15, 0.2) is 11.6 Å². The Kier molecular flexibility index (Phi) is 7.30. The van der Waals surface area contributed by atoms with Crippen molar-refractivity contribution in [3.63, 3.8) is 0 Å². The number of aryl methyl sites for hydroxylation is 1. The van der Waals surface area contributed by atoms with Gasteiger partial charge in [0.1, 0.15) is 11.3 Å². The predicted octanol–water partition coefficient (Wildman–Crippen LogP) is 5.83. The largest absolute Gasteiger partial charge is 0.339 e. The highest BCUT2D eigenvalue weighted by molar-refractivity contribution is 6.33. The molecule has 32 heavy (non-hydrogen) atoms. The van der Waals surface area contributed by atoms with E-state index in [0.29, 0.717) is 28.0 Å². The molecule has 1 aliphatic rings. The zero-order valence-corrected chi connectivity index (χ0v) is 18.9. The maximum atomic E-state index is 12.6. The fraction of sp³-hybridized carbons (Fsp3) is 0.269. The van der Waals surface area contributed by atoms with Gasteiger partial charge >= 0.3 is 0 Å². The van der Waals surface area contributed by atoms with Crippen LogP contribution in [-0.2, 0) is 6.54 Å². The van der Waals surface area contributed by atoms with Crippen molar-refractivity contribution in [2.75, 3.05) is 18.4 Å². The number of nitrogens with zero attached hydrogens (tertiary/aromatic N) is 3. The van der Waals surface area contributed by atoms with Crippen LogP contribution in [0.2, 0.25) is 5.02 Å². The molecular weight excluding hydrogens is 420 g/mol. The number of ketones is 1. The number of piperidine rings is 1. The molecule has 2 aromatic carbocycles. The van der Waals surface area contributed by atoms with Gasteiger partial charge in [0.2, 0.25) is 0 Å². The van der Waals surface area contributed by atoms with Gasteiger partial charge in [-0.25, -0.2) is 9.97 Å². The first-order valence-corrected chi connectivity index (χ1v) is 11.3. The van der Waals surface area contributed by atoms with E-state index in [1.54, 1.807) is 6.08 Å². The van der Waals surface area contributed by atoms with Gasteiger partial charge in [-0.3, -0.25) is 9.69 Å². The van der Waals surface area contributed by atoms with Gasteiger partial charge in [0.05, 0.1) is 5.69 Å². The van der Waals surface area contributed by atoms with E-state index in [9.17, 15) is 4.79 Å². The molecule has 0 spiro atoms. The fourth-order valence-electron chi connectivity index (χ4n) is 3.86. The molecule has 6 heteroatoms. The molecule has 0 amide bonds. The van der Waals surface area contributed by atoms with Gasteiger partial charge in [-0.15, -0.1) is 0 Å². The van der Waals surface area contributed by atoms with Crippen molar-refractivity contribution in [2.45, 2.75) is 26.3 Å². The van der Waals surface area contributed by atoms with Gasteiger partial charge < -0.3 is 5.32 Å². The summed E-state index contributed by atoms with van der Waals surface area (Å²) < 4.78 is 0. The summed E-state index contributed by atoms with van der Waals surface area (Å²) in [5.74, 6) is 1.03. The van der Waals surface area contributed by atoms with Crippen molar-refractivity contribution >= 4 is 28.9 Å². The summed E-state index contributed by atoms with van der Waals surface area (Å²) >= 11 is 6.24. The minimum absolute atomic E-state index is 0.0270. The maximum absolute atomic E-state index is 12.6. The fourth-order valence-corrected chi connectivity index (χ4v) is 4.01. The van der Waals surface area contributed by atoms with E-state index in [2.05, 4.69) is 56.6 Å². The Morgan fingerprint density at radius 1 is 1.09 bits per heavy atom. The molecule has 1 fully saturated rings. The van der Waals surface area contributed by atoms with Crippen molar-refractivity contribution in [1.29, 1.82) is 0 Å². The van der Waals surface area contributed by atoms with E-state index < -0.39 is 0 Å². The average molecular weight is 447 g/mol. The van der Waals surface area contributed by atoms with Crippen molar-refractivity contribution in [2.24, 2.45) is 5.92 Å². The Balaban J connectivity index is 1.28. The Morgan fingerprint density at radius 3 is 2.53 bits per heavy atom. The number of aromatic nitrogens is 2. The second-order valence-electron chi connectivity index (χ2n) is 8.15. The van der Waals surface area contributed by atoms with Crippen molar-refractivity contribution < 1.29 is 4.79 Å². The number of rotatable bonds is 7. The van der Waals surface area contributed by atoms with Crippen LogP contribution >= 0.6 is 11.6 Å². The van der Waals surface area contributed by atoms with E-state index in [1.807, 2.05) is 31.2 Å². The molecule has 0 bridgehead atoms. The highest BCUT2D eigenvalue weighted by atomic mass is 35.5. The Bertz CT molecular complexity index is 1070. The number of anilines is 2. The van der Waals surface area contributed by atoms with Gasteiger partial charge in [-0.1, -0.05) is 48.0 Å². The molecular formula is C26H27ClN4O. The number of benzene rings is 2. The summed E-state index contributed by atoms with van der Waals surface area (Å²) in [7, 11) is 0. The predicted molar refractivity (Wildman–Crippen MR) is 129 cm³/mol. The third-order valence-electron chi connectivity index (χ3n) is 5.80. The maximum Gasteiger partial charge on any atom is 0.185 e. The summed E-state index contributed by atoms with van der Waals surface area (Å²) in [6.45, 7) is 4.94. The molecule has 0 aliphatic carbocycles. The van der Waals surface area contributed by atoms with Crippen LogP contribution in [0.15, 0.2) is 73.1 Å². The molecule has 0 unspecified atom stereocenters. The van der Waals surface area contributed by atoms with Crippen LogP contribution in [0, 0.1) is 12.8 Å². The lowest BCUT2D eigenvalue weighted by molar-refractivity contribution is 0.104. The monoisotopic (exact) mass is 446 g/mol. The second kappa shape index (κ2) is 10.5. The number of hydrogen-bond acceptors (Lipinski definition) is 5. The molecule has 0 saturated carbocycles. The molecule has 2 heterocycles. The molecule has 1 aromatic heterocycles. The molecule has 5 nitrogen and oxygen atoms in total. The highest BCUT2D eigenvalue weighted by Crippen LogP contribution is 2.25. The van der Waals surface area contributed by atoms with Crippen LogP contribution in [-0.4, -0.2) is 33.7 Å². The number of allylic oxidation sites excluding steroid dienone is 2.